The van der Waals surface area contributed by atoms with E-state index < -0.39 is 0 Å². The zero-order valence-electron chi connectivity index (χ0n) is 8.89. The lowest BCUT2D eigenvalue weighted by Gasteiger charge is -2.26. The van der Waals surface area contributed by atoms with E-state index in [0.717, 1.165) is 17.8 Å². The summed E-state index contributed by atoms with van der Waals surface area (Å²) >= 11 is 0. The van der Waals surface area contributed by atoms with Crippen molar-refractivity contribution in [3.63, 3.8) is 0 Å². The molecule has 0 amide bonds. The molecule has 2 fully saturated rings. The maximum atomic E-state index is 3.66. The second kappa shape index (κ2) is 4.45. The molecular weight excluding hydrogens is 158 g/mol. The van der Waals surface area contributed by atoms with Crippen LogP contribution in [0.5, 0.6) is 0 Å². The summed E-state index contributed by atoms with van der Waals surface area (Å²) in [6.07, 6.45) is 8.85. The monoisotopic (exact) mass is 181 g/mol. The molecule has 0 radical (unpaired) electrons. The first-order valence-electron chi connectivity index (χ1n) is 6.07. The van der Waals surface area contributed by atoms with Gasteiger partial charge in [-0.2, -0.15) is 0 Å². The average molecular weight is 181 g/mol. The minimum absolute atomic E-state index is 0.980. The van der Waals surface area contributed by atoms with Crippen molar-refractivity contribution in [2.75, 3.05) is 13.1 Å². The topological polar surface area (TPSA) is 12.0 Å². The predicted octanol–water partition coefficient (Wildman–Crippen LogP) is 2.81. The first-order valence-corrected chi connectivity index (χ1v) is 6.07. The van der Waals surface area contributed by atoms with Crippen molar-refractivity contribution < 1.29 is 0 Å². The van der Waals surface area contributed by atoms with Gasteiger partial charge in [-0.25, -0.2) is 0 Å². The van der Waals surface area contributed by atoms with Gasteiger partial charge >= 0.3 is 0 Å². The van der Waals surface area contributed by atoms with Crippen LogP contribution in [0.3, 0.4) is 0 Å². The molecule has 0 aliphatic heterocycles. The van der Waals surface area contributed by atoms with Crippen LogP contribution < -0.4 is 5.32 Å². The summed E-state index contributed by atoms with van der Waals surface area (Å²) in [5, 5.41) is 3.66. The smallest absolute Gasteiger partial charge is 0.00179 e. The average Bonchev–Trinajstić information content (AvgIpc) is 2.42. The zero-order chi connectivity index (χ0) is 9.10. The van der Waals surface area contributed by atoms with E-state index in [1.54, 1.807) is 0 Å². The minimum Gasteiger partial charge on any atom is -0.316 e. The predicted molar refractivity (Wildman–Crippen MR) is 56.7 cm³/mol. The maximum Gasteiger partial charge on any atom is -0.00179 e. The van der Waals surface area contributed by atoms with E-state index in [4.69, 9.17) is 0 Å². The molecule has 0 aromatic heterocycles. The second-order valence-corrected chi connectivity index (χ2v) is 5.12. The Hall–Kier alpha value is -0.0400. The Morgan fingerprint density at radius 1 is 1.00 bits per heavy atom. The third-order valence-corrected chi connectivity index (χ3v) is 4.10. The van der Waals surface area contributed by atoms with Crippen LogP contribution in [0.2, 0.25) is 0 Å². The molecule has 0 heterocycles. The molecule has 1 heteroatoms. The molecule has 0 saturated heterocycles. The first kappa shape index (κ1) is 9.51. The van der Waals surface area contributed by atoms with Crippen LogP contribution in [-0.4, -0.2) is 13.1 Å². The van der Waals surface area contributed by atoms with Gasteiger partial charge in [0.15, 0.2) is 0 Å². The van der Waals surface area contributed by atoms with E-state index in [2.05, 4.69) is 12.2 Å². The van der Waals surface area contributed by atoms with E-state index in [1.807, 2.05) is 0 Å². The Kier molecular flexibility index (Phi) is 3.26. The standard InChI is InChI=1S/C12H23N/c1-10-4-2-7-12(10)9-13-8-11-5-3-6-11/h10-13H,2-9H2,1H3. The van der Waals surface area contributed by atoms with Gasteiger partial charge in [0.2, 0.25) is 0 Å². The molecule has 2 aliphatic carbocycles. The molecule has 2 aliphatic rings. The highest BCUT2D eigenvalue weighted by Gasteiger charge is 2.23. The van der Waals surface area contributed by atoms with E-state index in [9.17, 15) is 0 Å². The normalized spacial score (nSPS) is 34.8. The molecule has 0 aromatic carbocycles. The number of hydrogen-bond donors (Lipinski definition) is 1. The third-order valence-electron chi connectivity index (χ3n) is 4.10. The van der Waals surface area contributed by atoms with Gasteiger partial charge in [0.1, 0.15) is 0 Å². The fourth-order valence-electron chi connectivity index (χ4n) is 2.70. The van der Waals surface area contributed by atoms with E-state index >= 15 is 0 Å². The number of rotatable bonds is 4. The van der Waals surface area contributed by atoms with Crippen LogP contribution in [0.4, 0.5) is 0 Å². The summed E-state index contributed by atoms with van der Waals surface area (Å²) in [4.78, 5) is 0. The summed E-state index contributed by atoms with van der Waals surface area (Å²) in [5.41, 5.74) is 0. The lowest BCUT2D eigenvalue weighted by molar-refractivity contribution is 0.286. The lowest BCUT2D eigenvalue weighted by atomic mass is 9.85. The van der Waals surface area contributed by atoms with Crippen LogP contribution in [0.25, 0.3) is 0 Å². The molecule has 0 aromatic rings. The minimum atomic E-state index is 0.980. The van der Waals surface area contributed by atoms with Gasteiger partial charge < -0.3 is 5.32 Å². The Bertz CT molecular complexity index is 151. The van der Waals surface area contributed by atoms with E-state index in [-0.39, 0.29) is 0 Å². The molecule has 0 bridgehead atoms. The molecule has 0 spiro atoms. The van der Waals surface area contributed by atoms with Gasteiger partial charge in [0, 0.05) is 0 Å². The second-order valence-electron chi connectivity index (χ2n) is 5.12. The van der Waals surface area contributed by atoms with Crippen molar-refractivity contribution in [1.82, 2.24) is 5.32 Å². The van der Waals surface area contributed by atoms with Gasteiger partial charge in [-0.05, 0) is 50.1 Å². The number of hydrogen-bond acceptors (Lipinski definition) is 1. The summed E-state index contributed by atoms with van der Waals surface area (Å²) in [7, 11) is 0. The molecular formula is C12H23N. The molecule has 13 heavy (non-hydrogen) atoms. The quantitative estimate of drug-likeness (QED) is 0.703. The Morgan fingerprint density at radius 2 is 1.77 bits per heavy atom. The Morgan fingerprint density at radius 3 is 2.31 bits per heavy atom. The largest absolute Gasteiger partial charge is 0.316 e. The first-order chi connectivity index (χ1) is 6.36. The van der Waals surface area contributed by atoms with Crippen molar-refractivity contribution in [1.29, 1.82) is 0 Å². The van der Waals surface area contributed by atoms with Crippen molar-refractivity contribution in [2.24, 2.45) is 17.8 Å². The van der Waals surface area contributed by atoms with Crippen molar-refractivity contribution >= 4 is 0 Å². The van der Waals surface area contributed by atoms with Crippen LogP contribution >= 0.6 is 0 Å². The van der Waals surface area contributed by atoms with Gasteiger partial charge in [0.25, 0.3) is 0 Å². The van der Waals surface area contributed by atoms with Gasteiger partial charge in [-0.15, -0.1) is 0 Å². The zero-order valence-corrected chi connectivity index (χ0v) is 8.89. The molecule has 2 atom stereocenters. The highest BCUT2D eigenvalue weighted by molar-refractivity contribution is 4.78. The summed E-state index contributed by atoms with van der Waals surface area (Å²) in [5.74, 6) is 2.99. The van der Waals surface area contributed by atoms with Crippen molar-refractivity contribution in [2.45, 2.75) is 45.4 Å². The highest BCUT2D eigenvalue weighted by Crippen LogP contribution is 2.31. The van der Waals surface area contributed by atoms with E-state index in [1.165, 1.54) is 51.6 Å². The molecule has 1 N–H and O–H groups in total. The number of nitrogens with one attached hydrogen (secondary N) is 1. The molecule has 2 unspecified atom stereocenters. The molecule has 2 rings (SSSR count). The van der Waals surface area contributed by atoms with E-state index in [0.29, 0.717) is 0 Å². The summed E-state index contributed by atoms with van der Waals surface area (Å²) in [6.45, 7) is 5.00. The van der Waals surface area contributed by atoms with Crippen LogP contribution in [0.1, 0.15) is 45.4 Å². The summed E-state index contributed by atoms with van der Waals surface area (Å²) in [6, 6.07) is 0. The molecule has 1 nitrogen and oxygen atoms in total. The highest BCUT2D eigenvalue weighted by atomic mass is 14.9. The molecule has 2 saturated carbocycles. The Balaban J connectivity index is 1.56. The summed E-state index contributed by atoms with van der Waals surface area (Å²) < 4.78 is 0. The van der Waals surface area contributed by atoms with Crippen molar-refractivity contribution in [3.8, 4) is 0 Å². The fourth-order valence-corrected chi connectivity index (χ4v) is 2.70. The molecule has 76 valence electrons. The fraction of sp³-hybridized carbons (Fsp3) is 1.00. The third kappa shape index (κ3) is 2.46. The maximum absolute atomic E-state index is 3.66. The van der Waals surface area contributed by atoms with Gasteiger partial charge in [0.05, 0.1) is 0 Å². The van der Waals surface area contributed by atoms with Gasteiger partial charge in [-0.3, -0.25) is 0 Å². The Labute approximate surface area is 82.3 Å². The SMILES string of the molecule is CC1CCCC1CNCC1CCC1. The van der Waals surface area contributed by atoms with Gasteiger partial charge in [-0.1, -0.05) is 26.2 Å². The van der Waals surface area contributed by atoms with Crippen molar-refractivity contribution in [3.05, 3.63) is 0 Å². The lowest BCUT2D eigenvalue weighted by Crippen LogP contribution is -2.31. The van der Waals surface area contributed by atoms with Crippen LogP contribution in [0.15, 0.2) is 0 Å². The van der Waals surface area contributed by atoms with Crippen LogP contribution in [-0.2, 0) is 0 Å². The van der Waals surface area contributed by atoms with Crippen LogP contribution in [0, 0.1) is 17.8 Å².